The lowest BCUT2D eigenvalue weighted by Gasteiger charge is -2.20. The summed E-state index contributed by atoms with van der Waals surface area (Å²) in [7, 11) is -4.01. The number of fused-ring (bicyclic) bond motifs is 2. The van der Waals surface area contributed by atoms with Gasteiger partial charge in [0.25, 0.3) is 15.1 Å². The second-order valence-corrected chi connectivity index (χ2v) is 11.3. The topological polar surface area (TPSA) is 61.5 Å². The lowest BCUT2D eigenvalue weighted by Crippen LogP contribution is -2.33. The van der Waals surface area contributed by atoms with E-state index in [4.69, 9.17) is 27.8 Å². The van der Waals surface area contributed by atoms with Crippen molar-refractivity contribution in [3.63, 3.8) is 0 Å². The zero-order chi connectivity index (χ0) is 21.5. The van der Waals surface area contributed by atoms with Crippen molar-refractivity contribution in [3.05, 3.63) is 56.5 Å². The zero-order valence-electron chi connectivity index (χ0n) is 16.0. The summed E-state index contributed by atoms with van der Waals surface area (Å²) in [5.41, 5.74) is 2.07. The Balaban J connectivity index is 1.75. The zero-order valence-corrected chi connectivity index (χ0v) is 20.0. The summed E-state index contributed by atoms with van der Waals surface area (Å²) in [5, 5.41) is 2.99. The average Bonchev–Trinajstić information content (AvgIpc) is 3.19. The third kappa shape index (κ3) is 4.49. The van der Waals surface area contributed by atoms with Gasteiger partial charge >= 0.3 is 0 Å². The first-order valence-corrected chi connectivity index (χ1v) is 13.3. The first-order chi connectivity index (χ1) is 14.3. The van der Waals surface area contributed by atoms with Crippen LogP contribution in [0.15, 0.2) is 46.3 Å². The minimum absolute atomic E-state index is 0.288. The molecule has 1 aliphatic rings. The van der Waals surface area contributed by atoms with E-state index in [1.54, 1.807) is 29.2 Å². The van der Waals surface area contributed by atoms with Gasteiger partial charge in [-0.1, -0.05) is 58.4 Å². The molecule has 10 heteroatoms. The first kappa shape index (κ1) is 21.9. The Kier molecular flexibility index (Phi) is 6.35. The van der Waals surface area contributed by atoms with E-state index in [1.807, 2.05) is 23.1 Å². The Bertz CT molecular complexity index is 1260. The molecule has 1 N–H and O–H groups in total. The van der Waals surface area contributed by atoms with Crippen molar-refractivity contribution in [2.45, 2.75) is 24.8 Å². The molecule has 2 heterocycles. The van der Waals surface area contributed by atoms with Crippen LogP contribution in [-0.2, 0) is 16.7 Å². The van der Waals surface area contributed by atoms with Crippen molar-refractivity contribution >= 4 is 78.4 Å². The van der Waals surface area contributed by atoms with Crippen LogP contribution < -0.4 is 9.47 Å². The minimum Gasteiger partial charge on any atom is -0.335 e. The third-order valence-corrected chi connectivity index (χ3v) is 8.49. The summed E-state index contributed by atoms with van der Waals surface area (Å²) in [6.07, 6.45) is 2.41. The molecule has 0 amide bonds. The number of benzene rings is 2. The maximum atomic E-state index is 11.2. The van der Waals surface area contributed by atoms with Gasteiger partial charge < -0.3 is 4.90 Å². The molecule has 0 unspecified atom stereocenters. The molecule has 1 aliphatic heterocycles. The van der Waals surface area contributed by atoms with Gasteiger partial charge in [0.1, 0.15) is 11.2 Å². The largest absolute Gasteiger partial charge is 0.335 e. The second kappa shape index (κ2) is 8.68. The second-order valence-electron chi connectivity index (χ2n) is 6.76. The van der Waals surface area contributed by atoms with Crippen molar-refractivity contribution in [3.8, 4) is 0 Å². The standard InChI is InChI=1S/C20H18Cl2N2O3S3/c1-2-23-15-6-3-4-7-17(15)28-19(23)12-20-24(8-5-9-30(25,26)27)16-10-13(21)14(22)11-18(16)29-20/h3-4,6-7,10-12H,2,5,8-9H2,1H3/p+1. The first-order valence-electron chi connectivity index (χ1n) is 9.29. The molecule has 158 valence electrons. The van der Waals surface area contributed by atoms with Crippen LogP contribution in [0.3, 0.4) is 0 Å². The molecule has 4 rings (SSSR count). The molecule has 5 nitrogen and oxygen atoms in total. The fourth-order valence-electron chi connectivity index (χ4n) is 3.43. The van der Waals surface area contributed by atoms with Crippen molar-refractivity contribution in [1.82, 2.24) is 0 Å². The van der Waals surface area contributed by atoms with Crippen LogP contribution >= 0.6 is 46.3 Å². The number of thioether (sulfide) groups is 1. The Hall–Kier alpha value is -1.29. The van der Waals surface area contributed by atoms with Crippen molar-refractivity contribution in [1.29, 1.82) is 0 Å². The molecule has 1 aromatic heterocycles. The number of aromatic nitrogens is 1. The average molecular weight is 502 g/mol. The molecular weight excluding hydrogens is 483 g/mol. The molecule has 0 saturated carbocycles. The Morgan fingerprint density at radius 1 is 1.20 bits per heavy atom. The van der Waals surface area contributed by atoms with E-state index in [0.717, 1.165) is 27.2 Å². The summed E-state index contributed by atoms with van der Waals surface area (Å²) in [6, 6.07) is 11.9. The van der Waals surface area contributed by atoms with E-state index in [1.165, 1.54) is 10.2 Å². The van der Waals surface area contributed by atoms with Gasteiger partial charge in [0.2, 0.25) is 5.52 Å². The summed E-state index contributed by atoms with van der Waals surface area (Å²) in [4.78, 5) is 3.00. The molecule has 0 spiro atoms. The normalized spacial score (nSPS) is 15.3. The monoisotopic (exact) mass is 501 g/mol. The van der Waals surface area contributed by atoms with Crippen molar-refractivity contribution < 1.29 is 17.5 Å². The molecule has 0 bridgehead atoms. The molecule has 2 aromatic carbocycles. The number of nitrogens with zero attached hydrogens (tertiary/aromatic N) is 2. The Morgan fingerprint density at radius 2 is 1.93 bits per heavy atom. The minimum atomic E-state index is -4.01. The highest BCUT2D eigenvalue weighted by molar-refractivity contribution is 8.04. The highest BCUT2D eigenvalue weighted by atomic mass is 35.5. The van der Waals surface area contributed by atoms with Crippen LogP contribution in [0.2, 0.25) is 10.0 Å². The fourth-order valence-corrected chi connectivity index (χ4v) is 6.70. The number of thiazole rings is 1. The molecule has 0 fully saturated rings. The summed E-state index contributed by atoms with van der Waals surface area (Å²) >= 11 is 15.7. The molecule has 3 aromatic rings. The quantitative estimate of drug-likeness (QED) is 0.346. The van der Waals surface area contributed by atoms with E-state index in [-0.39, 0.29) is 12.2 Å². The number of hydrogen-bond acceptors (Lipinski definition) is 5. The van der Waals surface area contributed by atoms with Crippen molar-refractivity contribution in [2.24, 2.45) is 0 Å². The Labute approximate surface area is 193 Å². The molecule has 30 heavy (non-hydrogen) atoms. The van der Waals surface area contributed by atoms with Gasteiger partial charge in [-0.15, -0.1) is 0 Å². The maximum Gasteiger partial charge on any atom is 0.265 e. The summed E-state index contributed by atoms with van der Waals surface area (Å²) < 4.78 is 34.9. The summed E-state index contributed by atoms with van der Waals surface area (Å²) in [5.74, 6) is -0.296. The van der Waals surface area contributed by atoms with Crippen LogP contribution in [-0.4, -0.2) is 25.3 Å². The van der Waals surface area contributed by atoms with Gasteiger partial charge in [-0.2, -0.15) is 13.0 Å². The van der Waals surface area contributed by atoms with Gasteiger partial charge in [-0.3, -0.25) is 4.55 Å². The van der Waals surface area contributed by atoms with Crippen LogP contribution in [0.5, 0.6) is 0 Å². The van der Waals surface area contributed by atoms with Crippen LogP contribution in [0.25, 0.3) is 16.3 Å². The van der Waals surface area contributed by atoms with E-state index < -0.39 is 10.1 Å². The maximum absolute atomic E-state index is 11.2. The molecular formula is C20H19Cl2N2O3S3+. The van der Waals surface area contributed by atoms with Gasteiger partial charge in [0, 0.05) is 17.5 Å². The van der Waals surface area contributed by atoms with E-state index in [9.17, 15) is 8.42 Å². The lowest BCUT2D eigenvalue weighted by atomic mass is 10.2. The van der Waals surface area contributed by atoms with E-state index in [2.05, 4.69) is 29.7 Å². The van der Waals surface area contributed by atoms with Gasteiger partial charge in [-0.25, -0.2) is 0 Å². The highest BCUT2D eigenvalue weighted by Gasteiger charge is 2.29. The molecule has 0 radical (unpaired) electrons. The Morgan fingerprint density at radius 3 is 2.67 bits per heavy atom. The third-order valence-electron chi connectivity index (χ3n) is 4.76. The number of halogens is 2. The number of anilines is 1. The van der Waals surface area contributed by atoms with Gasteiger partial charge in [0.15, 0.2) is 0 Å². The van der Waals surface area contributed by atoms with Crippen LogP contribution in [0.4, 0.5) is 5.69 Å². The lowest BCUT2D eigenvalue weighted by molar-refractivity contribution is -0.665. The molecule has 0 aliphatic carbocycles. The number of hydrogen-bond donors (Lipinski definition) is 1. The van der Waals surface area contributed by atoms with E-state index in [0.29, 0.717) is 16.6 Å². The number of para-hydroxylation sites is 1. The predicted molar refractivity (Wildman–Crippen MR) is 126 cm³/mol. The van der Waals surface area contributed by atoms with Gasteiger partial charge in [0.05, 0.1) is 32.6 Å². The SMILES string of the molecule is CC[n+]1c(C=C2Sc3cc(Cl)c(Cl)cc3N2CCCS(=O)(=O)O)sc2ccccc21. The number of aryl methyl sites for hydroxylation is 1. The molecule has 0 atom stereocenters. The van der Waals surface area contributed by atoms with Crippen LogP contribution in [0, 0.1) is 0 Å². The highest BCUT2D eigenvalue weighted by Crippen LogP contribution is 2.49. The molecule has 0 saturated heterocycles. The predicted octanol–water partition coefficient (Wildman–Crippen LogP) is 5.70. The van der Waals surface area contributed by atoms with E-state index >= 15 is 0 Å². The van der Waals surface area contributed by atoms with Crippen LogP contribution in [0.1, 0.15) is 18.4 Å². The smallest absolute Gasteiger partial charge is 0.265 e. The van der Waals surface area contributed by atoms with Crippen molar-refractivity contribution in [2.75, 3.05) is 17.2 Å². The van der Waals surface area contributed by atoms with Gasteiger partial charge in [-0.05, 0) is 31.5 Å². The number of rotatable bonds is 6. The summed E-state index contributed by atoms with van der Waals surface area (Å²) in [6.45, 7) is 3.38. The fraction of sp³-hybridized carbons (Fsp3) is 0.250.